The van der Waals surface area contributed by atoms with Crippen LogP contribution in [0.4, 0.5) is 4.39 Å². The molecule has 0 fully saturated rings. The first-order chi connectivity index (χ1) is 9.16. The molecule has 2 aromatic rings. The van der Waals surface area contributed by atoms with Gasteiger partial charge in [0, 0.05) is 0 Å². The first-order valence-corrected chi connectivity index (χ1v) is 5.80. The van der Waals surface area contributed by atoms with Crippen molar-refractivity contribution in [2.45, 2.75) is 12.7 Å². The quantitative estimate of drug-likeness (QED) is 0.898. The van der Waals surface area contributed by atoms with Gasteiger partial charge in [0.15, 0.2) is 6.10 Å². The molecule has 0 saturated carbocycles. The Morgan fingerprint density at radius 2 is 1.74 bits per heavy atom. The van der Waals surface area contributed by atoms with Gasteiger partial charge in [0.1, 0.15) is 5.82 Å². The smallest absolute Gasteiger partial charge is 0.337 e. The molecule has 0 radical (unpaired) electrons. The van der Waals surface area contributed by atoms with Crippen molar-refractivity contribution in [1.82, 2.24) is 0 Å². The fourth-order valence-electron chi connectivity index (χ4n) is 1.70. The first kappa shape index (κ1) is 13.2. The number of hydrogen-bond acceptors (Lipinski definition) is 2. The maximum absolute atomic E-state index is 12.7. The number of hydrogen-bond donors (Lipinski definition) is 1. The van der Waals surface area contributed by atoms with Gasteiger partial charge in [-0.1, -0.05) is 42.5 Å². The lowest BCUT2D eigenvalue weighted by atomic mass is 10.1. The molecule has 1 atom stereocenters. The number of halogens is 1. The van der Waals surface area contributed by atoms with Crippen molar-refractivity contribution < 1.29 is 19.0 Å². The highest BCUT2D eigenvalue weighted by Crippen LogP contribution is 2.19. The highest BCUT2D eigenvalue weighted by molar-refractivity contribution is 5.74. The number of ether oxygens (including phenoxy) is 1. The number of carboxylic acids is 1. The van der Waals surface area contributed by atoms with Crippen molar-refractivity contribution in [3.05, 3.63) is 71.5 Å². The Bertz CT molecular complexity index is 537. The van der Waals surface area contributed by atoms with Crippen LogP contribution in [-0.2, 0) is 16.1 Å². The molecule has 0 aliphatic carbocycles. The number of carboxylic acid groups (broad SMARTS) is 1. The summed E-state index contributed by atoms with van der Waals surface area (Å²) in [6, 6.07) is 14.5. The summed E-state index contributed by atoms with van der Waals surface area (Å²) < 4.78 is 18.1. The third-order valence-corrected chi connectivity index (χ3v) is 2.66. The van der Waals surface area contributed by atoms with Crippen molar-refractivity contribution in [3.63, 3.8) is 0 Å². The van der Waals surface area contributed by atoms with E-state index in [2.05, 4.69) is 0 Å². The fraction of sp³-hybridized carbons (Fsp3) is 0.133. The Balaban J connectivity index is 2.06. The van der Waals surface area contributed by atoms with Crippen molar-refractivity contribution in [2.75, 3.05) is 0 Å². The molecule has 0 aliphatic heterocycles. The molecule has 0 heterocycles. The second kappa shape index (κ2) is 6.11. The molecule has 0 aliphatic rings. The monoisotopic (exact) mass is 260 g/mol. The normalized spacial score (nSPS) is 12.1. The van der Waals surface area contributed by atoms with Crippen LogP contribution in [0.5, 0.6) is 0 Å². The van der Waals surface area contributed by atoms with Crippen molar-refractivity contribution in [3.8, 4) is 0 Å². The Kier molecular flexibility index (Phi) is 4.26. The fourth-order valence-corrected chi connectivity index (χ4v) is 1.70. The first-order valence-electron chi connectivity index (χ1n) is 5.80. The van der Waals surface area contributed by atoms with Crippen molar-refractivity contribution >= 4 is 5.97 Å². The molecule has 1 unspecified atom stereocenters. The summed E-state index contributed by atoms with van der Waals surface area (Å²) in [4.78, 5) is 11.2. The number of carbonyl (C=O) groups is 1. The second-order valence-electron chi connectivity index (χ2n) is 4.07. The lowest BCUT2D eigenvalue weighted by Crippen LogP contribution is -2.15. The van der Waals surface area contributed by atoms with E-state index in [1.54, 1.807) is 36.4 Å². The topological polar surface area (TPSA) is 46.5 Å². The predicted molar refractivity (Wildman–Crippen MR) is 68.0 cm³/mol. The minimum absolute atomic E-state index is 0.117. The maximum Gasteiger partial charge on any atom is 0.337 e. The third kappa shape index (κ3) is 3.63. The summed E-state index contributed by atoms with van der Waals surface area (Å²) in [5, 5.41) is 9.16. The van der Waals surface area contributed by atoms with Crippen molar-refractivity contribution in [2.24, 2.45) is 0 Å². The summed E-state index contributed by atoms with van der Waals surface area (Å²) in [6.07, 6.45) is -1.02. The van der Waals surface area contributed by atoms with Crippen LogP contribution in [0.25, 0.3) is 0 Å². The zero-order valence-corrected chi connectivity index (χ0v) is 10.1. The van der Waals surface area contributed by atoms with Crippen LogP contribution in [0, 0.1) is 5.82 Å². The van der Waals surface area contributed by atoms with Gasteiger partial charge in [0.05, 0.1) is 6.61 Å². The molecule has 0 spiro atoms. The molecule has 4 heteroatoms. The Morgan fingerprint density at radius 3 is 2.32 bits per heavy atom. The number of aliphatic carboxylic acids is 1. The molecular formula is C15H13FO3. The van der Waals surface area contributed by atoms with Crippen LogP contribution in [0.1, 0.15) is 17.2 Å². The SMILES string of the molecule is O=C(O)C(OCc1ccc(F)cc1)c1ccccc1. The van der Waals surface area contributed by atoms with Crippen LogP contribution in [0.3, 0.4) is 0 Å². The van der Waals surface area contributed by atoms with E-state index in [9.17, 15) is 9.18 Å². The Morgan fingerprint density at radius 1 is 1.11 bits per heavy atom. The lowest BCUT2D eigenvalue weighted by molar-refractivity contribution is -0.151. The average Bonchev–Trinajstić information content (AvgIpc) is 2.42. The molecule has 0 bridgehead atoms. The van der Waals surface area contributed by atoms with Gasteiger partial charge in [-0.2, -0.15) is 0 Å². The van der Waals surface area contributed by atoms with E-state index in [0.717, 1.165) is 5.56 Å². The third-order valence-electron chi connectivity index (χ3n) is 2.66. The molecule has 3 nitrogen and oxygen atoms in total. The highest BCUT2D eigenvalue weighted by atomic mass is 19.1. The lowest BCUT2D eigenvalue weighted by Gasteiger charge is -2.14. The largest absolute Gasteiger partial charge is 0.479 e. The van der Waals surface area contributed by atoms with Gasteiger partial charge in [0.25, 0.3) is 0 Å². The Labute approximate surface area is 110 Å². The summed E-state index contributed by atoms with van der Waals surface area (Å²) in [6.45, 7) is 0.117. The molecule has 0 amide bonds. The summed E-state index contributed by atoms with van der Waals surface area (Å²) in [5.74, 6) is -1.38. The van der Waals surface area contributed by atoms with Gasteiger partial charge < -0.3 is 9.84 Å². The van der Waals surface area contributed by atoms with Gasteiger partial charge in [-0.3, -0.25) is 0 Å². The van der Waals surface area contributed by atoms with Gasteiger partial charge in [-0.05, 0) is 23.3 Å². The van der Waals surface area contributed by atoms with E-state index in [1.165, 1.54) is 12.1 Å². The number of rotatable bonds is 5. The van der Waals surface area contributed by atoms with E-state index in [1.807, 2.05) is 6.07 Å². The van der Waals surface area contributed by atoms with E-state index in [0.29, 0.717) is 5.56 Å². The van der Waals surface area contributed by atoms with Crippen LogP contribution >= 0.6 is 0 Å². The van der Waals surface area contributed by atoms with Crippen LogP contribution in [-0.4, -0.2) is 11.1 Å². The molecule has 0 aromatic heterocycles. The van der Waals surface area contributed by atoms with Gasteiger partial charge in [-0.25, -0.2) is 9.18 Å². The minimum atomic E-state index is -1.05. The standard InChI is InChI=1S/C15H13FO3/c16-13-8-6-11(7-9-13)10-19-14(15(17)18)12-4-2-1-3-5-12/h1-9,14H,10H2,(H,17,18). The minimum Gasteiger partial charge on any atom is -0.479 e. The van der Waals surface area contributed by atoms with Crippen LogP contribution < -0.4 is 0 Å². The molecule has 1 N–H and O–H groups in total. The predicted octanol–water partition coefficient (Wildman–Crippen LogP) is 3.17. The van der Waals surface area contributed by atoms with Crippen molar-refractivity contribution in [1.29, 1.82) is 0 Å². The molecule has 0 saturated heterocycles. The molecule has 19 heavy (non-hydrogen) atoms. The van der Waals surface area contributed by atoms with Crippen LogP contribution in [0.2, 0.25) is 0 Å². The summed E-state index contributed by atoms with van der Waals surface area (Å²) in [7, 11) is 0. The van der Waals surface area contributed by atoms with E-state index >= 15 is 0 Å². The van der Waals surface area contributed by atoms with Gasteiger partial charge in [-0.15, -0.1) is 0 Å². The average molecular weight is 260 g/mol. The zero-order chi connectivity index (χ0) is 13.7. The molecule has 2 aromatic carbocycles. The van der Waals surface area contributed by atoms with E-state index in [-0.39, 0.29) is 12.4 Å². The maximum atomic E-state index is 12.7. The highest BCUT2D eigenvalue weighted by Gasteiger charge is 2.20. The summed E-state index contributed by atoms with van der Waals surface area (Å²) in [5.41, 5.74) is 1.31. The van der Waals surface area contributed by atoms with Crippen LogP contribution in [0.15, 0.2) is 54.6 Å². The summed E-state index contributed by atoms with van der Waals surface area (Å²) >= 11 is 0. The molecular weight excluding hydrogens is 247 g/mol. The zero-order valence-electron chi connectivity index (χ0n) is 10.1. The Hall–Kier alpha value is -2.20. The van der Waals surface area contributed by atoms with E-state index < -0.39 is 12.1 Å². The molecule has 2 rings (SSSR count). The second-order valence-corrected chi connectivity index (χ2v) is 4.07. The van der Waals surface area contributed by atoms with Gasteiger partial charge in [0.2, 0.25) is 0 Å². The van der Waals surface area contributed by atoms with E-state index in [4.69, 9.17) is 9.84 Å². The number of benzene rings is 2. The molecule has 98 valence electrons. The van der Waals surface area contributed by atoms with Gasteiger partial charge >= 0.3 is 5.97 Å².